The zero-order chi connectivity index (χ0) is 27.0. The summed E-state index contributed by atoms with van der Waals surface area (Å²) in [5.74, 6) is 0.449. The number of nitrogens with zero attached hydrogens (tertiary/aromatic N) is 2. The van der Waals surface area contributed by atoms with Gasteiger partial charge in [0.05, 0.1) is 27.8 Å². The Labute approximate surface area is 215 Å². The van der Waals surface area contributed by atoms with Crippen LogP contribution < -0.4 is 10.6 Å². The van der Waals surface area contributed by atoms with Gasteiger partial charge in [-0.15, -0.1) is 0 Å². The van der Waals surface area contributed by atoms with E-state index in [9.17, 15) is 21.4 Å². The van der Waals surface area contributed by atoms with Crippen molar-refractivity contribution in [3.05, 3.63) is 96.3 Å². The molecule has 0 atom stereocenters. The summed E-state index contributed by atoms with van der Waals surface area (Å²) in [4.78, 5) is 8.93. The minimum absolute atomic E-state index is 0.0693. The van der Waals surface area contributed by atoms with E-state index in [1.165, 1.54) is 6.07 Å². The van der Waals surface area contributed by atoms with Crippen LogP contribution in [0.4, 0.5) is 38.6 Å². The van der Waals surface area contributed by atoms with Crippen LogP contribution in [0, 0.1) is 12.7 Å². The summed E-state index contributed by atoms with van der Waals surface area (Å²) in [6.45, 7) is 12.8. The molecule has 0 spiro atoms. The number of alkyl halides is 3. The lowest BCUT2D eigenvalue weighted by Crippen LogP contribution is -2.06. The van der Waals surface area contributed by atoms with Crippen LogP contribution in [0.2, 0.25) is 5.02 Å². The number of aryl methyl sites for hydroxylation is 1. The minimum atomic E-state index is -4.19. The topological polar surface area (TPSA) is 49.8 Å². The number of halogens is 6. The van der Waals surface area contributed by atoms with Gasteiger partial charge in [0, 0.05) is 28.7 Å². The lowest BCUT2D eigenvalue weighted by molar-refractivity contribution is -0.0909. The van der Waals surface area contributed by atoms with E-state index in [1.807, 2.05) is 0 Å². The minimum Gasteiger partial charge on any atom is -0.356 e. The Bertz CT molecular complexity index is 1280. The summed E-state index contributed by atoms with van der Waals surface area (Å²) in [6.07, 6.45) is -1.02. The highest BCUT2D eigenvalue weighted by Gasteiger charge is 2.27. The molecule has 1 heterocycles. The molecule has 2 aromatic carbocycles. The molecule has 190 valence electrons. The maximum Gasteiger partial charge on any atom is 0.411 e. The van der Waals surface area contributed by atoms with Gasteiger partial charge in [0.15, 0.2) is 0 Å². The third-order valence-corrected chi connectivity index (χ3v) is 5.44. The van der Waals surface area contributed by atoms with E-state index >= 15 is 0 Å². The van der Waals surface area contributed by atoms with E-state index in [-0.39, 0.29) is 22.9 Å². The van der Waals surface area contributed by atoms with Crippen LogP contribution in [0.25, 0.3) is 11.1 Å². The average Bonchev–Trinajstić information content (AvgIpc) is 2.81. The quantitative estimate of drug-likeness (QED) is 0.178. The summed E-state index contributed by atoms with van der Waals surface area (Å²) < 4.78 is 60.5. The monoisotopic (exact) mass is 540 g/mol. The lowest BCUT2D eigenvalue weighted by Gasteiger charge is -2.14. The van der Waals surface area contributed by atoms with E-state index in [0.717, 1.165) is 6.92 Å². The summed E-state index contributed by atoms with van der Waals surface area (Å²) in [5.41, 5.74) is 1.95. The first-order valence-electron chi connectivity index (χ1n) is 10.2. The van der Waals surface area contributed by atoms with Gasteiger partial charge in [-0.1, -0.05) is 37.4 Å². The lowest BCUT2D eigenvalue weighted by atomic mass is 10.1. The van der Waals surface area contributed by atoms with Crippen LogP contribution in [0.5, 0.6) is 0 Å². The zero-order valence-corrected chi connectivity index (χ0v) is 20.9. The molecule has 4 nitrogen and oxygen atoms in total. The Hall–Kier alpha value is -3.37. The standard InChI is InChI=1S/C21H17ClF2N4S.C4H5F3/c1-4-12(2)26-15-6-7-18(23)19(10-15)28-21-16(11-25-13(3)27-21)14-5-8-20(29-24)17(22)9-14;1-3(2)4(5,6)7/h4-11,26H,1-2H2,3H3,(H,25,27,28);1H2,2H3. The number of anilines is 3. The first-order valence-corrected chi connectivity index (χ1v) is 11.2. The number of hydrogen-bond acceptors (Lipinski definition) is 5. The van der Waals surface area contributed by atoms with E-state index in [0.29, 0.717) is 39.0 Å². The Morgan fingerprint density at radius 1 is 1.14 bits per heavy atom. The maximum absolute atomic E-state index is 14.4. The normalized spacial score (nSPS) is 10.7. The van der Waals surface area contributed by atoms with Crippen molar-refractivity contribution in [2.24, 2.45) is 0 Å². The van der Waals surface area contributed by atoms with Gasteiger partial charge in [-0.2, -0.15) is 17.1 Å². The van der Waals surface area contributed by atoms with Crippen molar-refractivity contribution in [1.29, 1.82) is 0 Å². The molecule has 11 heteroatoms. The second-order valence-electron chi connectivity index (χ2n) is 7.35. The predicted molar refractivity (Wildman–Crippen MR) is 138 cm³/mol. The molecule has 3 aromatic rings. The van der Waals surface area contributed by atoms with E-state index in [1.54, 1.807) is 49.5 Å². The van der Waals surface area contributed by atoms with E-state index < -0.39 is 17.6 Å². The maximum atomic E-state index is 14.4. The van der Waals surface area contributed by atoms with E-state index in [4.69, 9.17) is 11.6 Å². The van der Waals surface area contributed by atoms with Crippen LogP contribution in [-0.2, 0) is 0 Å². The molecule has 0 radical (unpaired) electrons. The summed E-state index contributed by atoms with van der Waals surface area (Å²) in [7, 11) is 0. The van der Waals surface area contributed by atoms with Crippen LogP contribution >= 0.6 is 23.7 Å². The fourth-order valence-corrected chi connectivity index (χ4v) is 3.09. The molecular weight excluding hydrogens is 519 g/mol. The smallest absolute Gasteiger partial charge is 0.356 e. The first-order chi connectivity index (χ1) is 16.8. The van der Waals surface area contributed by atoms with Gasteiger partial charge >= 0.3 is 6.18 Å². The molecule has 3 rings (SSSR count). The highest BCUT2D eigenvalue weighted by Crippen LogP contribution is 2.35. The second-order valence-corrected chi connectivity index (χ2v) is 8.36. The van der Waals surface area contributed by atoms with Crippen LogP contribution in [-0.4, -0.2) is 16.1 Å². The van der Waals surface area contributed by atoms with E-state index in [2.05, 4.69) is 40.3 Å². The molecule has 36 heavy (non-hydrogen) atoms. The van der Waals surface area contributed by atoms with Gasteiger partial charge in [0.1, 0.15) is 17.5 Å². The number of aromatic nitrogens is 2. The third-order valence-electron chi connectivity index (χ3n) is 4.49. The highest BCUT2D eigenvalue weighted by atomic mass is 35.5. The molecule has 0 fully saturated rings. The van der Waals surface area contributed by atoms with Gasteiger partial charge in [-0.25, -0.2) is 14.4 Å². The highest BCUT2D eigenvalue weighted by molar-refractivity contribution is 7.94. The number of rotatable bonds is 7. The Kier molecular flexibility index (Phi) is 10.1. The van der Waals surface area contributed by atoms with Crippen molar-refractivity contribution in [3.63, 3.8) is 0 Å². The fraction of sp³-hybridized carbons (Fsp3) is 0.120. The van der Waals surface area contributed by atoms with Crippen molar-refractivity contribution in [3.8, 4) is 11.1 Å². The largest absolute Gasteiger partial charge is 0.411 e. The number of allylic oxidation sites excluding steroid dienone is 2. The molecule has 0 unspecified atom stereocenters. The molecule has 0 amide bonds. The molecule has 0 aliphatic heterocycles. The number of benzene rings is 2. The van der Waals surface area contributed by atoms with Crippen LogP contribution in [0.15, 0.2) is 84.6 Å². The SMILES string of the molecule is C=C(C)C(F)(F)F.C=CC(=C)Nc1ccc(F)c(Nc2nc(C)ncc2-c2ccc(SF)c(Cl)c2)c1. The molecule has 0 aliphatic carbocycles. The van der Waals surface area contributed by atoms with Gasteiger partial charge in [-0.05, 0) is 55.8 Å². The Morgan fingerprint density at radius 3 is 2.36 bits per heavy atom. The Balaban J connectivity index is 0.000000572. The molecular formula is C25H22ClF5N4S. The first kappa shape index (κ1) is 28.9. The number of hydrogen-bond donors (Lipinski definition) is 2. The molecule has 2 N–H and O–H groups in total. The Morgan fingerprint density at radius 2 is 1.81 bits per heavy atom. The number of nitrogens with one attached hydrogen (secondary N) is 2. The van der Waals surface area contributed by atoms with Gasteiger partial charge in [0.2, 0.25) is 0 Å². The van der Waals surface area contributed by atoms with Gasteiger partial charge in [0.25, 0.3) is 0 Å². The summed E-state index contributed by atoms with van der Waals surface area (Å²) in [5, 5.41) is 6.30. The zero-order valence-electron chi connectivity index (χ0n) is 19.3. The second kappa shape index (κ2) is 12.5. The molecule has 1 aromatic heterocycles. The fourth-order valence-electron chi connectivity index (χ4n) is 2.57. The van der Waals surface area contributed by atoms with Crippen LogP contribution in [0.1, 0.15) is 12.7 Å². The van der Waals surface area contributed by atoms with Gasteiger partial charge in [-0.3, -0.25) is 0 Å². The molecule has 0 saturated heterocycles. The van der Waals surface area contributed by atoms with Crippen molar-refractivity contribution in [2.45, 2.75) is 24.9 Å². The van der Waals surface area contributed by atoms with Gasteiger partial charge < -0.3 is 10.6 Å². The van der Waals surface area contributed by atoms with Crippen molar-refractivity contribution >= 4 is 40.9 Å². The predicted octanol–water partition coefficient (Wildman–Crippen LogP) is 9.20. The summed E-state index contributed by atoms with van der Waals surface area (Å²) in [6, 6.07) is 9.41. The average molecular weight is 541 g/mol. The molecule has 0 bridgehead atoms. The van der Waals surface area contributed by atoms with Crippen molar-refractivity contribution < 1.29 is 21.4 Å². The molecule has 0 saturated carbocycles. The van der Waals surface area contributed by atoms with Crippen LogP contribution in [0.3, 0.4) is 0 Å². The van der Waals surface area contributed by atoms with Crippen molar-refractivity contribution in [1.82, 2.24) is 9.97 Å². The molecule has 0 aliphatic rings. The summed E-state index contributed by atoms with van der Waals surface area (Å²) >= 11 is 6.19. The van der Waals surface area contributed by atoms with Crippen molar-refractivity contribution in [2.75, 3.05) is 10.6 Å². The third kappa shape index (κ3) is 8.10.